The fourth-order valence-corrected chi connectivity index (χ4v) is 5.23. The molecule has 5 heteroatoms. The molecular weight excluding hydrogens is 404 g/mol. The zero-order chi connectivity index (χ0) is 21.2. The van der Waals surface area contributed by atoms with E-state index >= 15 is 0 Å². The van der Waals surface area contributed by atoms with Crippen LogP contribution in [-0.2, 0) is 19.4 Å². The predicted molar refractivity (Wildman–Crippen MR) is 127 cm³/mol. The molecule has 0 bridgehead atoms. The van der Waals surface area contributed by atoms with Crippen molar-refractivity contribution in [2.24, 2.45) is 0 Å². The van der Waals surface area contributed by atoms with E-state index in [1.165, 1.54) is 28.1 Å². The molecule has 5 rings (SSSR count). The summed E-state index contributed by atoms with van der Waals surface area (Å²) < 4.78 is 0. The van der Waals surface area contributed by atoms with Gasteiger partial charge in [-0.25, -0.2) is 9.97 Å². The number of aromatic nitrogens is 2. The number of halogens is 1. The van der Waals surface area contributed by atoms with Gasteiger partial charge in [0, 0.05) is 48.1 Å². The van der Waals surface area contributed by atoms with Crippen molar-refractivity contribution in [2.45, 2.75) is 45.1 Å². The van der Waals surface area contributed by atoms with Crippen molar-refractivity contribution in [2.75, 3.05) is 24.5 Å². The van der Waals surface area contributed by atoms with Crippen molar-refractivity contribution in [3.8, 4) is 0 Å². The quantitative estimate of drug-likeness (QED) is 0.526. The van der Waals surface area contributed by atoms with Crippen LogP contribution in [0.3, 0.4) is 0 Å². The lowest BCUT2D eigenvalue weighted by Crippen LogP contribution is -2.28. The van der Waals surface area contributed by atoms with Gasteiger partial charge < -0.3 is 4.90 Å². The first-order valence-electron chi connectivity index (χ1n) is 11.3. The summed E-state index contributed by atoms with van der Waals surface area (Å²) in [4.78, 5) is 14.4. The second kappa shape index (κ2) is 8.97. The maximum atomic E-state index is 6.43. The van der Waals surface area contributed by atoms with Crippen molar-refractivity contribution in [3.63, 3.8) is 0 Å². The fraction of sp³-hybridized carbons (Fsp3) is 0.385. The molecule has 2 heterocycles. The fourth-order valence-electron chi connectivity index (χ4n) is 5.04. The molecule has 2 aromatic carbocycles. The number of aryl methyl sites for hydroxylation is 1. The Morgan fingerprint density at radius 2 is 1.87 bits per heavy atom. The number of fused-ring (bicyclic) bond motifs is 2. The highest BCUT2D eigenvalue weighted by Gasteiger charge is 2.28. The third kappa shape index (κ3) is 4.32. The van der Waals surface area contributed by atoms with Crippen molar-refractivity contribution < 1.29 is 0 Å². The number of hydrogen-bond acceptors (Lipinski definition) is 4. The zero-order valence-electron chi connectivity index (χ0n) is 18.1. The molecule has 0 unspecified atom stereocenters. The molecule has 0 N–H and O–H groups in total. The molecule has 0 fully saturated rings. The lowest BCUT2D eigenvalue weighted by molar-refractivity contribution is 0.268. The monoisotopic (exact) mass is 432 g/mol. The van der Waals surface area contributed by atoms with Crippen molar-refractivity contribution >= 4 is 23.1 Å². The van der Waals surface area contributed by atoms with Gasteiger partial charge in [0.2, 0.25) is 0 Å². The second-order valence-electron chi connectivity index (χ2n) is 8.79. The van der Waals surface area contributed by atoms with Gasteiger partial charge in [0.1, 0.15) is 12.1 Å². The Balaban J connectivity index is 1.49. The van der Waals surface area contributed by atoms with Crippen molar-refractivity contribution in [3.05, 3.63) is 82.3 Å². The van der Waals surface area contributed by atoms with Crippen molar-refractivity contribution in [1.82, 2.24) is 14.9 Å². The average molecular weight is 433 g/mol. The summed E-state index contributed by atoms with van der Waals surface area (Å²) in [6.45, 7) is 6.32. The van der Waals surface area contributed by atoms with Crippen LogP contribution in [0.25, 0.3) is 0 Å². The van der Waals surface area contributed by atoms with Crippen molar-refractivity contribution in [1.29, 1.82) is 0 Å². The summed E-state index contributed by atoms with van der Waals surface area (Å²) in [5.41, 5.74) is 6.46. The number of hydrogen-bond donors (Lipinski definition) is 0. The standard InChI is InChI=1S/C26H29ClN4/c1-19-8-10-23-25(19)26(29-18-28-23)31-14-5-13-30(17-20-6-3-2-4-7-20)15-12-21-16-22(27)9-11-24(21)31/h2-4,6-7,9,11,16,18-19H,5,8,10,12-15,17H2,1H3/t19-/m1/s1. The smallest absolute Gasteiger partial charge is 0.140 e. The first kappa shape index (κ1) is 20.5. The minimum atomic E-state index is 0.504. The summed E-state index contributed by atoms with van der Waals surface area (Å²) in [6, 6.07) is 17.1. The summed E-state index contributed by atoms with van der Waals surface area (Å²) >= 11 is 6.43. The molecule has 0 spiro atoms. The molecule has 2 aliphatic rings. The molecule has 0 amide bonds. The number of rotatable bonds is 3. The van der Waals surface area contributed by atoms with E-state index in [1.807, 2.05) is 6.07 Å². The van der Waals surface area contributed by atoms with Crippen LogP contribution in [-0.4, -0.2) is 34.5 Å². The Labute approximate surface area is 189 Å². The predicted octanol–water partition coefficient (Wildman–Crippen LogP) is 5.77. The van der Waals surface area contributed by atoms with Gasteiger partial charge in [-0.3, -0.25) is 4.90 Å². The highest BCUT2D eigenvalue weighted by atomic mass is 35.5. The Morgan fingerprint density at radius 3 is 2.74 bits per heavy atom. The third-order valence-electron chi connectivity index (χ3n) is 6.64. The maximum absolute atomic E-state index is 6.43. The molecule has 0 saturated carbocycles. The molecule has 1 aliphatic carbocycles. The van der Waals surface area contributed by atoms with E-state index in [0.29, 0.717) is 5.92 Å². The lowest BCUT2D eigenvalue weighted by Gasteiger charge is -2.28. The van der Waals surface area contributed by atoms with E-state index in [2.05, 4.69) is 64.2 Å². The van der Waals surface area contributed by atoms with Crippen LogP contribution in [0.15, 0.2) is 54.9 Å². The van der Waals surface area contributed by atoms with E-state index in [1.54, 1.807) is 6.33 Å². The van der Waals surface area contributed by atoms with Gasteiger partial charge in [-0.05, 0) is 60.9 Å². The van der Waals surface area contributed by atoms with Gasteiger partial charge >= 0.3 is 0 Å². The SMILES string of the molecule is C[C@@H]1CCc2ncnc(N3CCCN(Cc4ccccc4)CCc4cc(Cl)ccc43)c21. The van der Waals surface area contributed by atoms with Crippen LogP contribution in [0.4, 0.5) is 11.5 Å². The van der Waals surface area contributed by atoms with Crippen LogP contribution >= 0.6 is 11.6 Å². The largest absolute Gasteiger partial charge is 0.326 e. The second-order valence-corrected chi connectivity index (χ2v) is 9.22. The molecular formula is C26H29ClN4. The van der Waals surface area contributed by atoms with E-state index in [0.717, 1.165) is 62.7 Å². The summed E-state index contributed by atoms with van der Waals surface area (Å²) in [5.74, 6) is 1.60. The molecule has 1 aliphatic heterocycles. The molecule has 31 heavy (non-hydrogen) atoms. The van der Waals surface area contributed by atoms with Crippen LogP contribution in [0.2, 0.25) is 5.02 Å². The van der Waals surface area contributed by atoms with Gasteiger partial charge in [-0.15, -0.1) is 0 Å². The Kier molecular flexibility index (Phi) is 5.93. The minimum absolute atomic E-state index is 0.504. The topological polar surface area (TPSA) is 32.3 Å². The maximum Gasteiger partial charge on any atom is 0.140 e. The van der Waals surface area contributed by atoms with Gasteiger partial charge in [0.15, 0.2) is 0 Å². The summed E-state index contributed by atoms with van der Waals surface area (Å²) in [5, 5.41) is 0.800. The van der Waals surface area contributed by atoms with Gasteiger partial charge in [-0.1, -0.05) is 48.9 Å². The highest BCUT2D eigenvalue weighted by Crippen LogP contribution is 2.40. The molecule has 160 valence electrons. The van der Waals surface area contributed by atoms with E-state index in [9.17, 15) is 0 Å². The van der Waals surface area contributed by atoms with Gasteiger partial charge in [0.25, 0.3) is 0 Å². The normalized spacial score (nSPS) is 19.3. The Bertz CT molecular complexity index is 1050. The van der Waals surface area contributed by atoms with Crippen LogP contribution in [0.5, 0.6) is 0 Å². The summed E-state index contributed by atoms with van der Waals surface area (Å²) in [6.07, 6.45) is 6.02. The van der Waals surface area contributed by atoms with E-state index in [-0.39, 0.29) is 0 Å². The summed E-state index contributed by atoms with van der Waals surface area (Å²) in [7, 11) is 0. The van der Waals surface area contributed by atoms with Crippen LogP contribution in [0, 0.1) is 0 Å². The number of benzene rings is 2. The Hall–Kier alpha value is -2.43. The van der Waals surface area contributed by atoms with Crippen LogP contribution in [0.1, 0.15) is 48.1 Å². The highest BCUT2D eigenvalue weighted by molar-refractivity contribution is 6.30. The first-order valence-corrected chi connectivity index (χ1v) is 11.7. The molecule has 1 aromatic heterocycles. The lowest BCUT2D eigenvalue weighted by atomic mass is 10.0. The first-order chi connectivity index (χ1) is 15.2. The molecule has 0 radical (unpaired) electrons. The van der Waals surface area contributed by atoms with E-state index < -0.39 is 0 Å². The van der Waals surface area contributed by atoms with Gasteiger partial charge in [0.05, 0.1) is 0 Å². The Morgan fingerprint density at radius 1 is 1.00 bits per heavy atom. The zero-order valence-corrected chi connectivity index (χ0v) is 18.9. The molecule has 0 saturated heterocycles. The number of anilines is 2. The molecule has 1 atom stereocenters. The minimum Gasteiger partial charge on any atom is -0.326 e. The van der Waals surface area contributed by atoms with Crippen LogP contribution < -0.4 is 4.90 Å². The molecule has 3 aromatic rings. The number of nitrogens with zero attached hydrogens (tertiary/aromatic N) is 4. The average Bonchev–Trinajstić information content (AvgIpc) is 3.20. The van der Waals surface area contributed by atoms with Gasteiger partial charge in [-0.2, -0.15) is 0 Å². The third-order valence-corrected chi connectivity index (χ3v) is 6.88. The van der Waals surface area contributed by atoms with E-state index in [4.69, 9.17) is 16.6 Å². The molecule has 4 nitrogen and oxygen atoms in total.